The van der Waals surface area contributed by atoms with Gasteiger partial charge < -0.3 is 10.1 Å². The molecule has 20 heavy (non-hydrogen) atoms. The summed E-state index contributed by atoms with van der Waals surface area (Å²) in [5.74, 6) is 1.25. The Kier molecular flexibility index (Phi) is 8.56. The maximum Gasteiger partial charge on any atom is 0.0472 e. The number of hydrogen-bond acceptors (Lipinski definition) is 2. The summed E-state index contributed by atoms with van der Waals surface area (Å²) in [6, 6.07) is 8.87. The number of rotatable bonds is 10. The van der Waals surface area contributed by atoms with Crippen molar-refractivity contribution >= 4 is 0 Å². The fourth-order valence-electron chi connectivity index (χ4n) is 2.33. The van der Waals surface area contributed by atoms with E-state index in [4.69, 9.17) is 4.74 Å². The van der Waals surface area contributed by atoms with Gasteiger partial charge in [0, 0.05) is 19.8 Å². The molecule has 0 saturated carbocycles. The predicted molar refractivity (Wildman–Crippen MR) is 87.4 cm³/mol. The third-order valence-corrected chi connectivity index (χ3v) is 3.42. The Balaban J connectivity index is 2.53. The van der Waals surface area contributed by atoms with Crippen LogP contribution in [0.2, 0.25) is 0 Å². The van der Waals surface area contributed by atoms with Crippen molar-refractivity contribution in [2.45, 2.75) is 46.5 Å². The summed E-state index contributed by atoms with van der Waals surface area (Å²) in [7, 11) is 0. The molecule has 0 fully saturated rings. The van der Waals surface area contributed by atoms with Crippen LogP contribution in [-0.2, 0) is 4.74 Å². The third kappa shape index (κ3) is 7.06. The normalized spacial score (nSPS) is 12.8. The first-order valence-corrected chi connectivity index (χ1v) is 7.98. The van der Waals surface area contributed by atoms with Crippen LogP contribution in [-0.4, -0.2) is 26.3 Å². The van der Waals surface area contributed by atoms with E-state index in [9.17, 15) is 0 Å². The molecule has 1 atom stereocenters. The van der Waals surface area contributed by atoms with Crippen LogP contribution in [0.3, 0.4) is 0 Å². The van der Waals surface area contributed by atoms with E-state index in [2.05, 4.69) is 57.3 Å². The van der Waals surface area contributed by atoms with Crippen molar-refractivity contribution in [1.82, 2.24) is 5.32 Å². The minimum atomic E-state index is 0.547. The maximum atomic E-state index is 5.66. The highest BCUT2D eigenvalue weighted by Gasteiger charge is 2.11. The van der Waals surface area contributed by atoms with Gasteiger partial charge in [-0.2, -0.15) is 0 Å². The standard InChI is InChI=1S/C18H31NO/c1-5-10-20-11-9-18(14-19-13-15(2)3)17-8-6-7-16(4)12-17/h6-8,12,15,18-19H,5,9-11,13-14H2,1-4H3. The van der Waals surface area contributed by atoms with Gasteiger partial charge >= 0.3 is 0 Å². The van der Waals surface area contributed by atoms with Gasteiger partial charge in [0.2, 0.25) is 0 Å². The second-order valence-electron chi connectivity index (χ2n) is 6.06. The lowest BCUT2D eigenvalue weighted by molar-refractivity contribution is 0.127. The van der Waals surface area contributed by atoms with Crippen LogP contribution < -0.4 is 5.32 Å². The molecule has 114 valence electrons. The molecule has 1 unspecified atom stereocenters. The Morgan fingerprint density at radius 3 is 2.60 bits per heavy atom. The van der Waals surface area contributed by atoms with Gasteiger partial charge in [0.1, 0.15) is 0 Å². The van der Waals surface area contributed by atoms with E-state index in [1.807, 2.05) is 0 Å². The second kappa shape index (κ2) is 9.95. The molecular formula is C18H31NO. The Hall–Kier alpha value is -0.860. The minimum absolute atomic E-state index is 0.547. The zero-order valence-corrected chi connectivity index (χ0v) is 13.6. The number of hydrogen-bond donors (Lipinski definition) is 1. The molecule has 0 spiro atoms. The summed E-state index contributed by atoms with van der Waals surface area (Å²) in [4.78, 5) is 0. The Labute approximate surface area is 124 Å². The summed E-state index contributed by atoms with van der Waals surface area (Å²) < 4.78 is 5.66. The van der Waals surface area contributed by atoms with Gasteiger partial charge in [-0.25, -0.2) is 0 Å². The Morgan fingerprint density at radius 2 is 1.95 bits per heavy atom. The van der Waals surface area contributed by atoms with E-state index in [1.165, 1.54) is 11.1 Å². The predicted octanol–water partition coefficient (Wildman–Crippen LogP) is 4.14. The number of nitrogens with one attached hydrogen (secondary N) is 1. The Morgan fingerprint density at radius 1 is 1.15 bits per heavy atom. The van der Waals surface area contributed by atoms with Crippen molar-refractivity contribution in [1.29, 1.82) is 0 Å². The van der Waals surface area contributed by atoms with E-state index in [0.717, 1.165) is 39.1 Å². The molecule has 0 bridgehead atoms. The molecule has 2 heteroatoms. The smallest absolute Gasteiger partial charge is 0.0472 e. The first-order valence-electron chi connectivity index (χ1n) is 7.98. The van der Waals surface area contributed by atoms with Gasteiger partial charge in [-0.05, 0) is 43.7 Å². The molecule has 0 aliphatic carbocycles. The molecule has 0 saturated heterocycles. The molecule has 0 amide bonds. The van der Waals surface area contributed by atoms with E-state index in [0.29, 0.717) is 11.8 Å². The zero-order valence-electron chi connectivity index (χ0n) is 13.6. The molecule has 1 aromatic carbocycles. The molecule has 2 nitrogen and oxygen atoms in total. The van der Waals surface area contributed by atoms with Crippen molar-refractivity contribution in [3.63, 3.8) is 0 Å². The molecule has 0 radical (unpaired) electrons. The minimum Gasteiger partial charge on any atom is -0.381 e. The van der Waals surface area contributed by atoms with Gasteiger partial charge in [-0.1, -0.05) is 50.6 Å². The van der Waals surface area contributed by atoms with Crippen molar-refractivity contribution in [3.05, 3.63) is 35.4 Å². The summed E-state index contributed by atoms with van der Waals surface area (Å²) in [6.45, 7) is 12.7. The average Bonchev–Trinajstić information content (AvgIpc) is 2.41. The SMILES string of the molecule is CCCOCCC(CNCC(C)C)c1cccc(C)c1. The van der Waals surface area contributed by atoms with Crippen LogP contribution in [0.1, 0.15) is 50.7 Å². The topological polar surface area (TPSA) is 21.3 Å². The van der Waals surface area contributed by atoms with Crippen LogP contribution >= 0.6 is 0 Å². The molecule has 0 heterocycles. The fourth-order valence-corrected chi connectivity index (χ4v) is 2.33. The monoisotopic (exact) mass is 277 g/mol. The van der Waals surface area contributed by atoms with E-state index < -0.39 is 0 Å². The summed E-state index contributed by atoms with van der Waals surface area (Å²) in [5, 5.41) is 3.59. The van der Waals surface area contributed by atoms with Crippen molar-refractivity contribution in [2.24, 2.45) is 5.92 Å². The van der Waals surface area contributed by atoms with Gasteiger partial charge in [0.25, 0.3) is 0 Å². The highest BCUT2D eigenvalue weighted by Crippen LogP contribution is 2.20. The molecule has 0 aromatic heterocycles. The third-order valence-electron chi connectivity index (χ3n) is 3.42. The average molecular weight is 277 g/mol. The van der Waals surface area contributed by atoms with E-state index in [-0.39, 0.29) is 0 Å². The summed E-state index contributed by atoms with van der Waals surface area (Å²) >= 11 is 0. The Bertz CT molecular complexity index is 362. The molecular weight excluding hydrogens is 246 g/mol. The van der Waals surface area contributed by atoms with Gasteiger partial charge in [0.15, 0.2) is 0 Å². The van der Waals surface area contributed by atoms with Crippen LogP contribution in [0.25, 0.3) is 0 Å². The van der Waals surface area contributed by atoms with Crippen LogP contribution in [0.4, 0.5) is 0 Å². The molecule has 1 rings (SSSR count). The largest absolute Gasteiger partial charge is 0.381 e. The van der Waals surface area contributed by atoms with E-state index >= 15 is 0 Å². The number of benzene rings is 1. The number of aryl methyl sites for hydroxylation is 1. The zero-order chi connectivity index (χ0) is 14.8. The summed E-state index contributed by atoms with van der Waals surface area (Å²) in [5.41, 5.74) is 2.77. The molecule has 0 aliphatic heterocycles. The highest BCUT2D eigenvalue weighted by atomic mass is 16.5. The van der Waals surface area contributed by atoms with Crippen LogP contribution in [0.5, 0.6) is 0 Å². The van der Waals surface area contributed by atoms with Crippen molar-refractivity contribution in [3.8, 4) is 0 Å². The maximum absolute atomic E-state index is 5.66. The van der Waals surface area contributed by atoms with E-state index in [1.54, 1.807) is 0 Å². The van der Waals surface area contributed by atoms with Gasteiger partial charge in [-0.3, -0.25) is 0 Å². The molecule has 1 aromatic rings. The lowest BCUT2D eigenvalue weighted by Gasteiger charge is -2.19. The van der Waals surface area contributed by atoms with Gasteiger partial charge in [0.05, 0.1) is 0 Å². The lowest BCUT2D eigenvalue weighted by atomic mass is 9.94. The van der Waals surface area contributed by atoms with Crippen molar-refractivity contribution in [2.75, 3.05) is 26.3 Å². The molecule has 0 aliphatic rings. The van der Waals surface area contributed by atoms with Gasteiger partial charge in [-0.15, -0.1) is 0 Å². The van der Waals surface area contributed by atoms with Crippen molar-refractivity contribution < 1.29 is 4.74 Å². The van der Waals surface area contributed by atoms with Crippen LogP contribution in [0.15, 0.2) is 24.3 Å². The highest BCUT2D eigenvalue weighted by molar-refractivity contribution is 5.25. The first-order chi connectivity index (χ1) is 9.63. The quantitative estimate of drug-likeness (QED) is 0.649. The lowest BCUT2D eigenvalue weighted by Crippen LogP contribution is -2.26. The summed E-state index contributed by atoms with van der Waals surface area (Å²) in [6.07, 6.45) is 2.19. The number of ether oxygens (including phenoxy) is 1. The fraction of sp³-hybridized carbons (Fsp3) is 0.667. The van der Waals surface area contributed by atoms with Crippen LogP contribution in [0, 0.1) is 12.8 Å². The second-order valence-corrected chi connectivity index (χ2v) is 6.06. The molecule has 1 N–H and O–H groups in total. The first kappa shape index (κ1) is 17.2.